The number of anilines is 1. The van der Waals surface area contributed by atoms with E-state index in [1.807, 2.05) is 10.9 Å². The highest BCUT2D eigenvalue weighted by molar-refractivity contribution is 5.87. The van der Waals surface area contributed by atoms with E-state index in [2.05, 4.69) is 79.3 Å². The Bertz CT molecular complexity index is 810. The summed E-state index contributed by atoms with van der Waals surface area (Å²) in [4.78, 5) is 8.73. The first kappa shape index (κ1) is 15.5. The van der Waals surface area contributed by atoms with Crippen LogP contribution in [0.25, 0.3) is 16.7 Å². The first-order valence-electron chi connectivity index (χ1n) is 7.92. The highest BCUT2D eigenvalue weighted by Crippen LogP contribution is 2.25. The van der Waals surface area contributed by atoms with Gasteiger partial charge in [0, 0.05) is 6.04 Å². The molecule has 0 saturated carbocycles. The third kappa shape index (κ3) is 3.04. The predicted molar refractivity (Wildman–Crippen MR) is 94.1 cm³/mol. The number of fused-ring (bicyclic) bond motifs is 1. The van der Waals surface area contributed by atoms with Gasteiger partial charge in [-0.3, -0.25) is 0 Å². The van der Waals surface area contributed by atoms with Crippen LogP contribution in [0.4, 0.5) is 5.82 Å². The van der Waals surface area contributed by atoms with Gasteiger partial charge in [0.25, 0.3) is 0 Å². The van der Waals surface area contributed by atoms with E-state index in [0.29, 0.717) is 6.04 Å². The summed E-state index contributed by atoms with van der Waals surface area (Å²) in [5, 5.41) is 8.77. The van der Waals surface area contributed by atoms with Crippen LogP contribution in [0.1, 0.15) is 40.2 Å². The average Bonchev–Trinajstić information content (AvgIpc) is 2.91. The maximum absolute atomic E-state index is 4.50. The van der Waals surface area contributed by atoms with Crippen LogP contribution < -0.4 is 5.32 Å². The monoisotopic (exact) mass is 309 g/mol. The van der Waals surface area contributed by atoms with Crippen LogP contribution >= 0.6 is 0 Å². The largest absolute Gasteiger partial charge is 0.367 e. The molecule has 1 N–H and O–H groups in total. The normalized spacial score (nSPS) is 12.1. The number of nitrogens with one attached hydrogen (secondary N) is 1. The zero-order valence-corrected chi connectivity index (χ0v) is 14.3. The van der Waals surface area contributed by atoms with Crippen molar-refractivity contribution in [3.8, 4) is 5.69 Å². The lowest BCUT2D eigenvalue weighted by Gasteiger charge is -2.19. The van der Waals surface area contributed by atoms with E-state index in [-0.39, 0.29) is 5.41 Å². The van der Waals surface area contributed by atoms with Gasteiger partial charge in [-0.1, -0.05) is 32.9 Å². The quantitative estimate of drug-likeness (QED) is 0.796. The van der Waals surface area contributed by atoms with Crippen LogP contribution in [0.5, 0.6) is 0 Å². The van der Waals surface area contributed by atoms with Gasteiger partial charge >= 0.3 is 0 Å². The topological polar surface area (TPSA) is 55.6 Å². The molecule has 23 heavy (non-hydrogen) atoms. The van der Waals surface area contributed by atoms with Crippen molar-refractivity contribution < 1.29 is 0 Å². The summed E-state index contributed by atoms with van der Waals surface area (Å²) in [6.07, 6.45) is 3.40. The Kier molecular flexibility index (Phi) is 3.80. The fourth-order valence-electron chi connectivity index (χ4n) is 2.52. The predicted octanol–water partition coefficient (Wildman–Crippen LogP) is 3.93. The second-order valence-electron chi connectivity index (χ2n) is 7.11. The maximum atomic E-state index is 4.50. The SMILES string of the molecule is CC(C)Nc1ncnc2c1cnn2-c1ccc(C(C)(C)C)cc1. The molecule has 0 atom stereocenters. The molecule has 5 nitrogen and oxygen atoms in total. The number of hydrogen-bond donors (Lipinski definition) is 1. The second-order valence-corrected chi connectivity index (χ2v) is 7.11. The summed E-state index contributed by atoms with van der Waals surface area (Å²) in [7, 11) is 0. The highest BCUT2D eigenvalue weighted by atomic mass is 15.3. The first-order chi connectivity index (χ1) is 10.9. The molecular weight excluding hydrogens is 286 g/mol. The molecular formula is C18H23N5. The van der Waals surface area contributed by atoms with E-state index < -0.39 is 0 Å². The van der Waals surface area contributed by atoms with Crippen molar-refractivity contribution in [2.45, 2.75) is 46.1 Å². The molecule has 0 amide bonds. The van der Waals surface area contributed by atoms with Crippen molar-refractivity contribution in [1.29, 1.82) is 0 Å². The molecule has 3 rings (SSSR count). The van der Waals surface area contributed by atoms with Crippen LogP contribution in [0.2, 0.25) is 0 Å². The first-order valence-corrected chi connectivity index (χ1v) is 7.92. The number of benzene rings is 1. The molecule has 0 aliphatic heterocycles. The van der Waals surface area contributed by atoms with E-state index >= 15 is 0 Å². The molecule has 0 spiro atoms. The Morgan fingerprint density at radius 1 is 1.04 bits per heavy atom. The molecule has 120 valence electrons. The molecule has 0 bridgehead atoms. The summed E-state index contributed by atoms with van der Waals surface area (Å²) >= 11 is 0. The zero-order valence-electron chi connectivity index (χ0n) is 14.3. The number of aromatic nitrogens is 4. The molecule has 3 aromatic rings. The highest BCUT2D eigenvalue weighted by Gasteiger charge is 2.15. The van der Waals surface area contributed by atoms with E-state index in [1.165, 1.54) is 5.56 Å². The molecule has 0 aliphatic rings. The van der Waals surface area contributed by atoms with E-state index in [4.69, 9.17) is 0 Å². The van der Waals surface area contributed by atoms with Crippen LogP contribution in [0.3, 0.4) is 0 Å². The van der Waals surface area contributed by atoms with Gasteiger partial charge in [0.05, 0.1) is 17.3 Å². The smallest absolute Gasteiger partial charge is 0.168 e. The van der Waals surface area contributed by atoms with Gasteiger partial charge in [0.1, 0.15) is 12.1 Å². The van der Waals surface area contributed by atoms with Crippen LogP contribution in [-0.4, -0.2) is 25.8 Å². The Morgan fingerprint density at radius 2 is 1.74 bits per heavy atom. The van der Waals surface area contributed by atoms with Crippen molar-refractivity contribution in [1.82, 2.24) is 19.7 Å². The second kappa shape index (κ2) is 5.65. The van der Waals surface area contributed by atoms with Crippen molar-refractivity contribution >= 4 is 16.9 Å². The fraction of sp³-hybridized carbons (Fsp3) is 0.389. The van der Waals surface area contributed by atoms with Gasteiger partial charge in [-0.15, -0.1) is 0 Å². The third-order valence-corrected chi connectivity index (χ3v) is 3.77. The molecule has 5 heteroatoms. The summed E-state index contributed by atoms with van der Waals surface area (Å²) in [5.74, 6) is 0.822. The molecule has 2 aromatic heterocycles. The Labute approximate surface area is 136 Å². The summed E-state index contributed by atoms with van der Waals surface area (Å²) in [6, 6.07) is 8.78. The maximum Gasteiger partial charge on any atom is 0.168 e. The molecule has 2 heterocycles. The molecule has 0 aliphatic carbocycles. The lowest BCUT2D eigenvalue weighted by atomic mass is 9.87. The van der Waals surface area contributed by atoms with Gasteiger partial charge in [0.15, 0.2) is 5.65 Å². The van der Waals surface area contributed by atoms with Crippen molar-refractivity contribution in [3.63, 3.8) is 0 Å². The molecule has 0 saturated heterocycles. The van der Waals surface area contributed by atoms with E-state index in [1.54, 1.807) is 6.33 Å². The number of nitrogens with zero attached hydrogens (tertiary/aromatic N) is 4. The van der Waals surface area contributed by atoms with Gasteiger partial charge in [-0.2, -0.15) is 5.10 Å². The summed E-state index contributed by atoms with van der Waals surface area (Å²) < 4.78 is 1.86. The minimum atomic E-state index is 0.140. The Balaban J connectivity index is 2.04. The lowest BCUT2D eigenvalue weighted by Crippen LogP contribution is -2.11. The minimum Gasteiger partial charge on any atom is -0.367 e. The third-order valence-electron chi connectivity index (χ3n) is 3.77. The zero-order chi connectivity index (χ0) is 16.6. The fourth-order valence-corrected chi connectivity index (χ4v) is 2.52. The van der Waals surface area contributed by atoms with Gasteiger partial charge in [-0.25, -0.2) is 14.6 Å². The minimum absolute atomic E-state index is 0.140. The van der Waals surface area contributed by atoms with Crippen molar-refractivity contribution in [3.05, 3.63) is 42.4 Å². The molecule has 1 aromatic carbocycles. The van der Waals surface area contributed by atoms with Gasteiger partial charge < -0.3 is 5.32 Å². The molecule has 0 unspecified atom stereocenters. The lowest BCUT2D eigenvalue weighted by molar-refractivity contribution is 0.590. The van der Waals surface area contributed by atoms with E-state index in [9.17, 15) is 0 Å². The standard InChI is InChI=1S/C18H23N5/c1-12(2)22-16-15-10-21-23(17(15)20-11-19-16)14-8-6-13(7-9-14)18(3,4)5/h6-12H,1-5H3,(H,19,20,22). The average molecular weight is 309 g/mol. The number of rotatable bonds is 3. The van der Waals surface area contributed by atoms with Gasteiger partial charge in [-0.05, 0) is 37.0 Å². The number of hydrogen-bond acceptors (Lipinski definition) is 4. The van der Waals surface area contributed by atoms with Crippen molar-refractivity contribution in [2.75, 3.05) is 5.32 Å². The summed E-state index contributed by atoms with van der Waals surface area (Å²) in [5.41, 5.74) is 3.25. The van der Waals surface area contributed by atoms with Crippen LogP contribution in [0, 0.1) is 0 Å². The van der Waals surface area contributed by atoms with E-state index in [0.717, 1.165) is 22.5 Å². The van der Waals surface area contributed by atoms with Crippen LogP contribution in [0.15, 0.2) is 36.8 Å². The molecule has 0 fully saturated rings. The van der Waals surface area contributed by atoms with Crippen LogP contribution in [-0.2, 0) is 5.41 Å². The van der Waals surface area contributed by atoms with Crippen molar-refractivity contribution in [2.24, 2.45) is 0 Å². The Morgan fingerprint density at radius 3 is 2.35 bits per heavy atom. The molecule has 0 radical (unpaired) electrons. The summed E-state index contributed by atoms with van der Waals surface area (Å²) in [6.45, 7) is 10.8. The Hall–Kier alpha value is -2.43. The van der Waals surface area contributed by atoms with Gasteiger partial charge in [0.2, 0.25) is 0 Å².